The van der Waals surface area contributed by atoms with E-state index in [0.717, 1.165) is 38.5 Å². The van der Waals surface area contributed by atoms with Crippen LogP contribution < -0.4 is 5.32 Å². The van der Waals surface area contributed by atoms with Gasteiger partial charge in [0.25, 0.3) is 0 Å². The van der Waals surface area contributed by atoms with Gasteiger partial charge in [0.05, 0.1) is 25.4 Å². The fourth-order valence-corrected chi connectivity index (χ4v) is 12.8. The molecule has 6 nitrogen and oxygen atoms in total. The van der Waals surface area contributed by atoms with Crippen molar-refractivity contribution in [3.63, 3.8) is 0 Å². The first-order valence-electron chi connectivity index (χ1n) is 38.8. The normalized spacial score (nSPS) is 12.4. The summed E-state index contributed by atoms with van der Waals surface area (Å²) >= 11 is 0. The molecule has 0 radical (unpaired) electrons. The Balaban J connectivity index is 3.30. The number of amides is 1. The highest BCUT2D eigenvalue weighted by atomic mass is 16.5. The summed E-state index contributed by atoms with van der Waals surface area (Å²) < 4.78 is 5.52. The number of carbonyl (C=O) groups excluding carboxylic acids is 2. The van der Waals surface area contributed by atoms with E-state index < -0.39 is 12.1 Å². The topological polar surface area (TPSA) is 95.9 Å². The Labute approximate surface area is 521 Å². The van der Waals surface area contributed by atoms with Crippen molar-refractivity contribution in [2.45, 2.75) is 469 Å². The maximum Gasteiger partial charge on any atom is 0.305 e. The van der Waals surface area contributed by atoms with E-state index in [2.05, 4.69) is 19.2 Å². The summed E-state index contributed by atoms with van der Waals surface area (Å²) in [5.74, 6) is 0.000321. The van der Waals surface area contributed by atoms with E-state index in [-0.39, 0.29) is 18.5 Å². The van der Waals surface area contributed by atoms with Gasteiger partial charge in [0.2, 0.25) is 5.91 Å². The summed E-state index contributed by atoms with van der Waals surface area (Å²) in [5.41, 5.74) is 0. The van der Waals surface area contributed by atoms with Gasteiger partial charge in [0, 0.05) is 12.8 Å². The number of nitrogens with one attached hydrogen (secondary N) is 1. The van der Waals surface area contributed by atoms with Crippen LogP contribution in [0.2, 0.25) is 0 Å². The highest BCUT2D eigenvalue weighted by Gasteiger charge is 2.20. The van der Waals surface area contributed by atoms with Crippen LogP contribution in [0.1, 0.15) is 457 Å². The van der Waals surface area contributed by atoms with Gasteiger partial charge in [-0.15, -0.1) is 0 Å². The van der Waals surface area contributed by atoms with E-state index in [1.807, 2.05) is 0 Å². The molecule has 0 spiro atoms. The molecule has 0 aromatic rings. The second kappa shape index (κ2) is 73.3. The van der Waals surface area contributed by atoms with Gasteiger partial charge in [-0.2, -0.15) is 0 Å². The largest absolute Gasteiger partial charge is 0.466 e. The molecule has 2 unspecified atom stereocenters. The van der Waals surface area contributed by atoms with Crippen LogP contribution in [0.3, 0.4) is 0 Å². The van der Waals surface area contributed by atoms with Crippen molar-refractivity contribution in [2.24, 2.45) is 0 Å². The van der Waals surface area contributed by atoms with Gasteiger partial charge in [0.15, 0.2) is 0 Å². The summed E-state index contributed by atoms with van der Waals surface area (Å²) in [6.45, 7) is 5.02. The number of aliphatic hydroxyl groups is 2. The van der Waals surface area contributed by atoms with Crippen molar-refractivity contribution in [2.75, 3.05) is 13.2 Å². The standard InChI is InChI=1S/C77H153NO5/c1-3-5-7-9-11-13-15-17-19-21-34-39-43-47-51-55-59-63-67-71-77(82)83-72-68-64-60-56-52-48-44-40-36-33-31-29-27-25-23-22-24-26-28-30-32-35-38-42-46-50-54-58-62-66-70-76(81)78-74(73-79)75(80)69-65-61-57-53-49-45-41-37-20-18-16-14-12-10-8-6-4-2/h74-75,79-80H,3-73H2,1-2H3,(H,78,81). The molecule has 3 N–H and O–H groups in total. The molecule has 6 heteroatoms. The molecule has 0 saturated carbocycles. The van der Waals surface area contributed by atoms with Crippen LogP contribution in [0.15, 0.2) is 0 Å². The molecule has 0 saturated heterocycles. The second-order valence-electron chi connectivity index (χ2n) is 27.1. The van der Waals surface area contributed by atoms with Gasteiger partial charge in [-0.25, -0.2) is 0 Å². The molecule has 0 aromatic heterocycles. The third-order valence-corrected chi connectivity index (χ3v) is 18.7. The Morgan fingerprint density at radius 1 is 0.289 bits per heavy atom. The van der Waals surface area contributed by atoms with Gasteiger partial charge in [-0.1, -0.05) is 418 Å². The number of hydrogen-bond donors (Lipinski definition) is 3. The van der Waals surface area contributed by atoms with Crippen LogP contribution >= 0.6 is 0 Å². The lowest BCUT2D eigenvalue weighted by Crippen LogP contribution is -2.45. The van der Waals surface area contributed by atoms with Crippen molar-refractivity contribution in [3.05, 3.63) is 0 Å². The third kappa shape index (κ3) is 69.8. The Hall–Kier alpha value is -1.14. The zero-order chi connectivity index (χ0) is 59.9. The zero-order valence-electron chi connectivity index (χ0n) is 57.0. The number of aliphatic hydroxyl groups excluding tert-OH is 2. The van der Waals surface area contributed by atoms with E-state index in [1.165, 1.54) is 385 Å². The maximum atomic E-state index is 12.5. The smallest absolute Gasteiger partial charge is 0.305 e. The van der Waals surface area contributed by atoms with Crippen molar-refractivity contribution in [1.29, 1.82) is 0 Å². The Bertz CT molecular complexity index is 1210. The van der Waals surface area contributed by atoms with Crippen LogP contribution in [-0.4, -0.2) is 47.4 Å². The molecular formula is C77H153NO5. The molecule has 496 valence electrons. The monoisotopic (exact) mass is 1170 g/mol. The summed E-state index contributed by atoms with van der Waals surface area (Å²) in [7, 11) is 0. The van der Waals surface area contributed by atoms with E-state index in [0.29, 0.717) is 25.9 Å². The van der Waals surface area contributed by atoms with E-state index in [9.17, 15) is 19.8 Å². The van der Waals surface area contributed by atoms with Gasteiger partial charge in [-0.05, 0) is 25.7 Å². The quantitative estimate of drug-likeness (QED) is 0.0417. The highest BCUT2D eigenvalue weighted by Crippen LogP contribution is 2.20. The van der Waals surface area contributed by atoms with Crippen molar-refractivity contribution < 1.29 is 24.5 Å². The number of carbonyl (C=O) groups is 2. The molecular weight excluding hydrogens is 1020 g/mol. The lowest BCUT2D eigenvalue weighted by atomic mass is 10.0. The molecule has 0 bridgehead atoms. The maximum absolute atomic E-state index is 12.5. The van der Waals surface area contributed by atoms with Gasteiger partial charge in [0.1, 0.15) is 0 Å². The lowest BCUT2D eigenvalue weighted by Gasteiger charge is -2.22. The van der Waals surface area contributed by atoms with E-state index in [4.69, 9.17) is 4.74 Å². The highest BCUT2D eigenvalue weighted by molar-refractivity contribution is 5.76. The van der Waals surface area contributed by atoms with Crippen LogP contribution in [0.5, 0.6) is 0 Å². The fourth-order valence-electron chi connectivity index (χ4n) is 12.8. The van der Waals surface area contributed by atoms with Gasteiger partial charge in [-0.3, -0.25) is 9.59 Å². The van der Waals surface area contributed by atoms with Crippen molar-refractivity contribution in [1.82, 2.24) is 5.32 Å². The van der Waals surface area contributed by atoms with Gasteiger partial charge >= 0.3 is 5.97 Å². The minimum Gasteiger partial charge on any atom is -0.466 e. The third-order valence-electron chi connectivity index (χ3n) is 18.7. The van der Waals surface area contributed by atoms with Crippen molar-refractivity contribution in [3.8, 4) is 0 Å². The van der Waals surface area contributed by atoms with Crippen LogP contribution in [-0.2, 0) is 14.3 Å². The SMILES string of the molecule is CCCCCCCCCCCCCCCCCCCCCC(=O)OCCCCCCCCCCCCCCCCCCCCCCCCCCCCCCCCC(=O)NC(CO)C(O)CCCCCCCCCCCCCCCCCCC. The number of esters is 1. The molecule has 0 heterocycles. The molecule has 0 aliphatic rings. The zero-order valence-corrected chi connectivity index (χ0v) is 57.0. The first kappa shape index (κ1) is 81.9. The Kier molecular flexibility index (Phi) is 72.3. The summed E-state index contributed by atoms with van der Waals surface area (Å²) in [4.78, 5) is 24.7. The first-order valence-corrected chi connectivity index (χ1v) is 38.8. The van der Waals surface area contributed by atoms with E-state index >= 15 is 0 Å². The number of unbranched alkanes of at least 4 members (excludes halogenated alkanes) is 63. The summed E-state index contributed by atoms with van der Waals surface area (Å²) in [6.07, 6.45) is 90.4. The first-order chi connectivity index (χ1) is 41.0. The van der Waals surface area contributed by atoms with Gasteiger partial charge < -0.3 is 20.3 Å². The minimum atomic E-state index is -0.661. The second-order valence-corrected chi connectivity index (χ2v) is 27.1. The van der Waals surface area contributed by atoms with Crippen molar-refractivity contribution >= 4 is 11.9 Å². The van der Waals surface area contributed by atoms with Crippen LogP contribution in [0.25, 0.3) is 0 Å². The lowest BCUT2D eigenvalue weighted by molar-refractivity contribution is -0.143. The Morgan fingerprint density at radius 2 is 0.494 bits per heavy atom. The average molecular weight is 1170 g/mol. The summed E-state index contributed by atoms with van der Waals surface area (Å²) in [5, 5.41) is 23.4. The molecule has 0 rings (SSSR count). The average Bonchev–Trinajstić information content (AvgIpc) is 3.49. The number of hydrogen-bond acceptors (Lipinski definition) is 5. The minimum absolute atomic E-state index is 0.0261. The van der Waals surface area contributed by atoms with Crippen LogP contribution in [0, 0.1) is 0 Å². The molecule has 83 heavy (non-hydrogen) atoms. The Morgan fingerprint density at radius 3 is 0.735 bits per heavy atom. The number of ether oxygens (including phenoxy) is 1. The van der Waals surface area contributed by atoms with E-state index in [1.54, 1.807) is 0 Å². The molecule has 2 atom stereocenters. The molecule has 0 aliphatic carbocycles. The molecule has 1 amide bonds. The predicted molar refractivity (Wildman–Crippen MR) is 366 cm³/mol. The molecule has 0 fully saturated rings. The van der Waals surface area contributed by atoms with Crippen LogP contribution in [0.4, 0.5) is 0 Å². The fraction of sp³-hybridized carbons (Fsp3) is 0.974. The summed E-state index contributed by atoms with van der Waals surface area (Å²) in [6, 6.07) is -0.538. The predicted octanol–water partition coefficient (Wildman–Crippen LogP) is 25.3. The number of rotatable bonds is 74. The molecule has 0 aliphatic heterocycles. The molecule has 0 aromatic carbocycles.